The van der Waals surface area contributed by atoms with Crippen LogP contribution in [0.25, 0.3) is 0 Å². The first-order valence-corrected chi connectivity index (χ1v) is 12.6. The Morgan fingerprint density at radius 1 is 0.643 bits per heavy atom. The Hall–Kier alpha value is -4.04. The van der Waals surface area contributed by atoms with E-state index in [1.165, 1.54) is 34.5 Å². The monoisotopic (exact) mass is 605 g/mol. The van der Waals surface area contributed by atoms with Gasteiger partial charge in [-0.2, -0.15) is 34.0 Å². The van der Waals surface area contributed by atoms with Gasteiger partial charge in [-0.15, -0.1) is 0 Å². The SMILES string of the molecule is Cc1c(F)cccc1F.Cc1nn(C)c(OC(F)F)c1C.Cc1nn(C)c(OCC(F)F)c1C.Cc1nn(C)nc1C. The zero-order valence-corrected chi connectivity index (χ0v) is 25.3. The van der Waals surface area contributed by atoms with E-state index in [1.807, 2.05) is 27.8 Å². The van der Waals surface area contributed by atoms with Gasteiger partial charge in [-0.3, -0.25) is 0 Å². The number of hydrogen-bond donors (Lipinski definition) is 0. The highest BCUT2D eigenvalue weighted by molar-refractivity contribution is 5.29. The maximum absolute atomic E-state index is 12.3. The van der Waals surface area contributed by atoms with Gasteiger partial charge < -0.3 is 9.47 Å². The summed E-state index contributed by atoms with van der Waals surface area (Å²) in [5.41, 5.74) is 5.05. The Morgan fingerprint density at radius 3 is 1.36 bits per heavy atom. The first kappa shape index (κ1) is 36.0. The predicted octanol–water partition coefficient (Wildman–Crippen LogP) is 6.02. The van der Waals surface area contributed by atoms with E-state index < -0.39 is 31.3 Å². The molecule has 0 saturated heterocycles. The molecular formula is C27H37F6N7O2. The molecule has 0 aliphatic heterocycles. The summed E-state index contributed by atoms with van der Waals surface area (Å²) >= 11 is 0. The highest BCUT2D eigenvalue weighted by atomic mass is 19.3. The number of rotatable bonds is 5. The van der Waals surface area contributed by atoms with Gasteiger partial charge in [0.1, 0.15) is 11.6 Å². The van der Waals surface area contributed by atoms with Gasteiger partial charge in [0.2, 0.25) is 11.8 Å². The second-order valence-electron chi connectivity index (χ2n) is 9.07. The average Bonchev–Trinajstić information content (AvgIpc) is 3.42. The van der Waals surface area contributed by atoms with E-state index >= 15 is 0 Å². The number of aromatic nitrogens is 7. The summed E-state index contributed by atoms with van der Waals surface area (Å²) in [6.07, 6.45) is -2.45. The van der Waals surface area contributed by atoms with Gasteiger partial charge in [-0.1, -0.05) is 6.07 Å². The van der Waals surface area contributed by atoms with Crippen molar-refractivity contribution in [3.8, 4) is 11.8 Å². The summed E-state index contributed by atoms with van der Waals surface area (Å²) in [4.78, 5) is 1.57. The van der Waals surface area contributed by atoms with Crippen molar-refractivity contribution in [1.29, 1.82) is 0 Å². The molecular weight excluding hydrogens is 568 g/mol. The molecule has 0 bridgehead atoms. The highest BCUT2D eigenvalue weighted by Gasteiger charge is 2.14. The van der Waals surface area contributed by atoms with Crippen LogP contribution in [0.1, 0.15) is 39.5 Å². The summed E-state index contributed by atoms with van der Waals surface area (Å²) in [6.45, 7) is 8.97. The molecule has 0 saturated carbocycles. The van der Waals surface area contributed by atoms with E-state index in [-0.39, 0.29) is 11.4 Å². The molecule has 0 N–H and O–H groups in total. The molecule has 4 aromatic rings. The summed E-state index contributed by atoms with van der Waals surface area (Å²) in [6, 6.07) is 3.81. The molecule has 0 atom stereocenters. The van der Waals surface area contributed by atoms with Gasteiger partial charge in [0.05, 0.1) is 22.8 Å². The van der Waals surface area contributed by atoms with Crippen LogP contribution in [0.4, 0.5) is 26.3 Å². The lowest BCUT2D eigenvalue weighted by Crippen LogP contribution is -2.10. The van der Waals surface area contributed by atoms with Crippen molar-refractivity contribution in [2.45, 2.75) is 61.5 Å². The summed E-state index contributed by atoms with van der Waals surface area (Å²) in [5.74, 6) is -0.440. The molecule has 1 aromatic carbocycles. The van der Waals surface area contributed by atoms with Gasteiger partial charge >= 0.3 is 6.61 Å². The van der Waals surface area contributed by atoms with Crippen molar-refractivity contribution in [3.05, 3.63) is 69.3 Å². The van der Waals surface area contributed by atoms with Crippen LogP contribution < -0.4 is 9.47 Å². The third-order valence-electron chi connectivity index (χ3n) is 5.78. The fourth-order valence-electron chi connectivity index (χ4n) is 3.26. The first-order valence-electron chi connectivity index (χ1n) is 12.6. The van der Waals surface area contributed by atoms with Gasteiger partial charge in [0.15, 0.2) is 6.61 Å². The predicted molar refractivity (Wildman–Crippen MR) is 145 cm³/mol. The molecule has 9 nitrogen and oxygen atoms in total. The van der Waals surface area contributed by atoms with Gasteiger partial charge in [0.25, 0.3) is 6.43 Å². The fourth-order valence-corrected chi connectivity index (χ4v) is 3.26. The van der Waals surface area contributed by atoms with Gasteiger partial charge in [0, 0.05) is 37.8 Å². The zero-order chi connectivity index (χ0) is 32.3. The third kappa shape index (κ3) is 11.1. The molecule has 0 amide bonds. The molecule has 42 heavy (non-hydrogen) atoms. The van der Waals surface area contributed by atoms with Crippen LogP contribution in [0.5, 0.6) is 11.8 Å². The Labute approximate surface area is 241 Å². The zero-order valence-electron chi connectivity index (χ0n) is 25.3. The minimum Gasteiger partial charge on any atom is -0.472 e. The number of alkyl halides is 4. The first-order chi connectivity index (χ1) is 19.5. The molecule has 0 radical (unpaired) electrons. The molecule has 3 heterocycles. The van der Waals surface area contributed by atoms with Crippen molar-refractivity contribution in [1.82, 2.24) is 34.6 Å². The Balaban J connectivity index is 0.000000285. The van der Waals surface area contributed by atoms with E-state index in [0.717, 1.165) is 22.6 Å². The van der Waals surface area contributed by atoms with Crippen molar-refractivity contribution in [2.75, 3.05) is 6.61 Å². The number of nitrogens with zero attached hydrogens (tertiary/aromatic N) is 7. The number of benzene rings is 1. The van der Waals surface area contributed by atoms with Crippen molar-refractivity contribution < 1.29 is 35.8 Å². The normalized spacial score (nSPS) is 10.4. The van der Waals surface area contributed by atoms with Crippen molar-refractivity contribution in [3.63, 3.8) is 0 Å². The summed E-state index contributed by atoms with van der Waals surface area (Å²) < 4.78 is 83.9. The van der Waals surface area contributed by atoms with E-state index in [2.05, 4.69) is 25.1 Å². The summed E-state index contributed by atoms with van der Waals surface area (Å²) in [7, 11) is 5.05. The summed E-state index contributed by atoms with van der Waals surface area (Å²) in [5, 5.41) is 16.0. The second-order valence-corrected chi connectivity index (χ2v) is 9.07. The minimum absolute atomic E-state index is 0.0810. The molecule has 3 aromatic heterocycles. The maximum Gasteiger partial charge on any atom is 0.388 e. The molecule has 4 rings (SSSR count). The minimum atomic E-state index is -2.79. The van der Waals surface area contributed by atoms with Crippen molar-refractivity contribution >= 4 is 0 Å². The quantitative estimate of drug-likeness (QED) is 0.259. The third-order valence-corrected chi connectivity index (χ3v) is 5.78. The molecule has 234 valence electrons. The lowest BCUT2D eigenvalue weighted by Gasteiger charge is -2.05. The Morgan fingerprint density at radius 2 is 1.07 bits per heavy atom. The van der Waals surface area contributed by atoms with E-state index in [1.54, 1.807) is 39.7 Å². The van der Waals surface area contributed by atoms with Crippen LogP contribution in [0.3, 0.4) is 0 Å². The van der Waals surface area contributed by atoms with Crippen molar-refractivity contribution in [2.24, 2.45) is 21.1 Å². The van der Waals surface area contributed by atoms with E-state index in [0.29, 0.717) is 17.1 Å². The Bertz CT molecular complexity index is 1380. The lowest BCUT2D eigenvalue weighted by molar-refractivity contribution is -0.0557. The number of halogens is 6. The van der Waals surface area contributed by atoms with Gasteiger partial charge in [-0.25, -0.2) is 26.9 Å². The number of ether oxygens (including phenoxy) is 2. The standard InChI is InChI=1S/C8H12F2N2O.C7H10F2N2O.C7H6F2.C5H9N3/c1-5-6(2)11-12(3)8(5)13-4-7(9)10;1-4-5(2)10-11(3)6(4)12-7(8)9;1-5-6(8)3-2-4-7(5)9;1-4-5(2)7-8(3)6-4/h7H,4H2,1-3H3;7H,1-3H3;2-4H,1H3;1-3H3. The van der Waals surface area contributed by atoms with Crippen LogP contribution >= 0.6 is 0 Å². The number of hydrogen-bond acceptors (Lipinski definition) is 6. The van der Waals surface area contributed by atoms with Crippen LogP contribution in [-0.4, -0.2) is 54.2 Å². The van der Waals surface area contributed by atoms with Crippen LogP contribution in [0.2, 0.25) is 0 Å². The number of aryl methyl sites for hydroxylation is 7. The van der Waals surface area contributed by atoms with Gasteiger partial charge in [-0.05, 0) is 60.6 Å². The molecule has 15 heteroatoms. The Kier molecular flexibility index (Phi) is 14.1. The topological polar surface area (TPSA) is 84.8 Å². The lowest BCUT2D eigenvalue weighted by atomic mass is 10.2. The fraction of sp³-hybridized carbons (Fsp3) is 0.481. The largest absolute Gasteiger partial charge is 0.472 e. The molecule has 0 fully saturated rings. The second kappa shape index (κ2) is 16.4. The van der Waals surface area contributed by atoms with Crippen LogP contribution in [0.15, 0.2) is 18.2 Å². The van der Waals surface area contributed by atoms with E-state index in [9.17, 15) is 26.3 Å². The molecule has 0 spiro atoms. The van der Waals surface area contributed by atoms with Crippen LogP contribution in [-0.2, 0) is 21.1 Å². The molecule has 0 aliphatic carbocycles. The average molecular weight is 606 g/mol. The maximum atomic E-state index is 12.3. The van der Waals surface area contributed by atoms with Crippen LogP contribution in [0, 0.1) is 60.1 Å². The smallest absolute Gasteiger partial charge is 0.388 e. The van der Waals surface area contributed by atoms with E-state index in [4.69, 9.17) is 4.74 Å². The molecule has 0 aliphatic rings. The molecule has 0 unspecified atom stereocenters. The highest BCUT2D eigenvalue weighted by Crippen LogP contribution is 2.21.